The molecule has 9 heteroatoms. The summed E-state index contributed by atoms with van der Waals surface area (Å²) in [5.41, 5.74) is 2.92. The molecule has 0 aromatic heterocycles. The van der Waals surface area contributed by atoms with Crippen molar-refractivity contribution in [3.8, 4) is 5.75 Å². The maximum Gasteiger partial charge on any atom is 0.243 e. The lowest BCUT2D eigenvalue weighted by molar-refractivity contribution is -0.142. The summed E-state index contributed by atoms with van der Waals surface area (Å²) in [5.74, 6) is 0.0794. The van der Waals surface area contributed by atoms with Crippen LogP contribution in [-0.2, 0) is 32.6 Å². The van der Waals surface area contributed by atoms with Crippen LogP contribution in [0.25, 0.3) is 0 Å². The summed E-state index contributed by atoms with van der Waals surface area (Å²) < 4.78 is 31.9. The van der Waals surface area contributed by atoms with Crippen molar-refractivity contribution in [3.05, 3.63) is 95.6 Å². The Labute approximate surface area is 250 Å². The molecule has 8 nitrogen and oxygen atoms in total. The van der Waals surface area contributed by atoms with E-state index in [2.05, 4.69) is 5.32 Å². The number of carbonyl (C=O) groups is 2. The lowest BCUT2D eigenvalue weighted by Crippen LogP contribution is -2.54. The SMILES string of the molecule is COc1cccc(N(CCCC(=O)N(Cc2ccc(C)cc2)[C@H](Cc2ccccc2)C(=O)NC(C)(C)C)S(C)(=O)=O)c1. The molecule has 2 amide bonds. The van der Waals surface area contributed by atoms with Crippen molar-refractivity contribution in [1.29, 1.82) is 0 Å². The number of nitrogens with zero attached hydrogens (tertiary/aromatic N) is 2. The van der Waals surface area contributed by atoms with Gasteiger partial charge in [-0.15, -0.1) is 0 Å². The molecular weight excluding hydrogens is 550 g/mol. The largest absolute Gasteiger partial charge is 0.497 e. The Hall–Kier alpha value is -3.85. The summed E-state index contributed by atoms with van der Waals surface area (Å²) in [6.45, 7) is 8.09. The molecular formula is C33H43N3O5S. The molecule has 0 fully saturated rings. The number of hydrogen-bond acceptors (Lipinski definition) is 5. The molecule has 0 saturated carbocycles. The van der Waals surface area contributed by atoms with Crippen LogP contribution in [0.2, 0.25) is 0 Å². The summed E-state index contributed by atoms with van der Waals surface area (Å²) >= 11 is 0. The topological polar surface area (TPSA) is 96.0 Å². The van der Waals surface area contributed by atoms with Crippen molar-refractivity contribution in [2.24, 2.45) is 0 Å². The first kappa shape index (κ1) is 32.7. The first-order chi connectivity index (χ1) is 19.8. The van der Waals surface area contributed by atoms with Gasteiger partial charge in [0, 0.05) is 37.5 Å². The van der Waals surface area contributed by atoms with Gasteiger partial charge in [0.2, 0.25) is 21.8 Å². The Morgan fingerprint density at radius 2 is 1.60 bits per heavy atom. The van der Waals surface area contributed by atoms with Crippen LogP contribution >= 0.6 is 0 Å². The van der Waals surface area contributed by atoms with E-state index in [1.54, 1.807) is 29.2 Å². The molecule has 1 atom stereocenters. The van der Waals surface area contributed by atoms with Gasteiger partial charge in [-0.25, -0.2) is 8.42 Å². The predicted molar refractivity (Wildman–Crippen MR) is 168 cm³/mol. The van der Waals surface area contributed by atoms with Gasteiger partial charge in [0.15, 0.2) is 0 Å². The van der Waals surface area contributed by atoms with Crippen LogP contribution in [0.1, 0.15) is 50.3 Å². The second-order valence-corrected chi connectivity index (χ2v) is 13.5. The second kappa shape index (κ2) is 14.4. The third-order valence-electron chi connectivity index (χ3n) is 6.74. The van der Waals surface area contributed by atoms with Crippen LogP contribution in [0.5, 0.6) is 5.75 Å². The van der Waals surface area contributed by atoms with Gasteiger partial charge in [-0.2, -0.15) is 0 Å². The second-order valence-electron chi connectivity index (χ2n) is 11.6. The number of sulfonamides is 1. The fourth-order valence-electron chi connectivity index (χ4n) is 4.67. The van der Waals surface area contributed by atoms with Crippen molar-refractivity contribution < 1.29 is 22.7 Å². The van der Waals surface area contributed by atoms with E-state index in [4.69, 9.17) is 4.74 Å². The fraction of sp³-hybridized carbons (Fsp3) is 0.394. The molecule has 1 N–H and O–H groups in total. The number of benzene rings is 3. The monoisotopic (exact) mass is 593 g/mol. The molecule has 3 aromatic carbocycles. The van der Waals surface area contributed by atoms with E-state index in [0.29, 0.717) is 17.9 Å². The highest BCUT2D eigenvalue weighted by atomic mass is 32.2. The molecule has 0 radical (unpaired) electrons. The van der Waals surface area contributed by atoms with E-state index in [9.17, 15) is 18.0 Å². The number of hydrogen-bond donors (Lipinski definition) is 1. The number of rotatable bonds is 13. The molecule has 0 aliphatic carbocycles. The van der Waals surface area contributed by atoms with Gasteiger partial charge < -0.3 is 15.0 Å². The van der Waals surface area contributed by atoms with Gasteiger partial charge >= 0.3 is 0 Å². The quantitative estimate of drug-likeness (QED) is 0.297. The van der Waals surface area contributed by atoms with E-state index in [-0.39, 0.29) is 37.7 Å². The van der Waals surface area contributed by atoms with E-state index in [1.165, 1.54) is 11.4 Å². The van der Waals surface area contributed by atoms with Crippen molar-refractivity contribution in [1.82, 2.24) is 10.2 Å². The summed E-state index contributed by atoms with van der Waals surface area (Å²) in [5, 5.41) is 3.06. The lowest BCUT2D eigenvalue weighted by atomic mass is 10.00. The number of ether oxygens (including phenoxy) is 1. The molecule has 3 rings (SSSR count). The molecule has 0 heterocycles. The summed E-state index contributed by atoms with van der Waals surface area (Å²) in [7, 11) is -2.10. The van der Waals surface area contributed by atoms with Gasteiger partial charge in [0.05, 0.1) is 19.1 Å². The predicted octanol–water partition coefficient (Wildman–Crippen LogP) is 5.10. The smallest absolute Gasteiger partial charge is 0.243 e. The van der Waals surface area contributed by atoms with Crippen molar-refractivity contribution >= 4 is 27.5 Å². The van der Waals surface area contributed by atoms with Crippen LogP contribution in [0, 0.1) is 6.92 Å². The van der Waals surface area contributed by atoms with Gasteiger partial charge in [-0.3, -0.25) is 13.9 Å². The van der Waals surface area contributed by atoms with Crippen LogP contribution < -0.4 is 14.4 Å². The standard InChI is InChI=1S/C33H43N3O5S/c1-25-17-19-27(20-18-25)24-35(30(32(38)34-33(2,3)4)22-26-12-8-7-9-13-26)31(37)16-11-21-36(42(6,39)40)28-14-10-15-29(23-28)41-5/h7-10,12-15,17-20,23,30H,11,16,21-22,24H2,1-6H3,(H,34,38)/t30-/m1/s1. The minimum atomic E-state index is -3.62. The summed E-state index contributed by atoms with van der Waals surface area (Å²) in [6, 6.07) is 23.6. The highest BCUT2D eigenvalue weighted by Crippen LogP contribution is 2.24. The Kier molecular flexibility index (Phi) is 11.2. The zero-order chi connectivity index (χ0) is 30.9. The number of aryl methyl sites for hydroxylation is 1. The number of nitrogens with one attached hydrogen (secondary N) is 1. The van der Waals surface area contributed by atoms with E-state index < -0.39 is 21.6 Å². The highest BCUT2D eigenvalue weighted by Gasteiger charge is 2.32. The average Bonchev–Trinajstić information content (AvgIpc) is 2.92. The molecule has 3 aromatic rings. The van der Waals surface area contributed by atoms with E-state index in [0.717, 1.165) is 22.9 Å². The molecule has 226 valence electrons. The third-order valence-corrected chi connectivity index (χ3v) is 7.93. The molecule has 0 spiro atoms. The first-order valence-electron chi connectivity index (χ1n) is 14.1. The zero-order valence-electron chi connectivity index (χ0n) is 25.5. The molecule has 0 aliphatic rings. The molecule has 0 unspecified atom stereocenters. The van der Waals surface area contributed by atoms with E-state index >= 15 is 0 Å². The normalized spacial score (nSPS) is 12.3. The maximum absolute atomic E-state index is 13.9. The molecule has 42 heavy (non-hydrogen) atoms. The zero-order valence-corrected chi connectivity index (χ0v) is 26.3. The van der Waals surface area contributed by atoms with Crippen LogP contribution in [0.3, 0.4) is 0 Å². The first-order valence-corrected chi connectivity index (χ1v) is 15.9. The third kappa shape index (κ3) is 9.91. The molecule has 0 saturated heterocycles. The minimum absolute atomic E-state index is 0.0654. The highest BCUT2D eigenvalue weighted by molar-refractivity contribution is 7.92. The maximum atomic E-state index is 13.9. The number of anilines is 1. The number of methoxy groups -OCH3 is 1. The van der Waals surface area contributed by atoms with Crippen molar-refractivity contribution in [2.45, 2.75) is 65.1 Å². The number of carbonyl (C=O) groups excluding carboxylic acids is 2. The van der Waals surface area contributed by atoms with Crippen molar-refractivity contribution in [2.75, 3.05) is 24.2 Å². The summed E-state index contributed by atoms with van der Waals surface area (Å²) in [4.78, 5) is 29.3. The average molecular weight is 594 g/mol. The van der Waals surface area contributed by atoms with Crippen LogP contribution in [0.4, 0.5) is 5.69 Å². The van der Waals surface area contributed by atoms with E-state index in [1.807, 2.05) is 82.3 Å². The van der Waals surface area contributed by atoms with Crippen LogP contribution in [-0.4, -0.2) is 56.6 Å². The fourth-order valence-corrected chi connectivity index (χ4v) is 5.62. The Morgan fingerprint density at radius 1 is 0.929 bits per heavy atom. The Bertz CT molecular complexity index is 1430. The van der Waals surface area contributed by atoms with Gasteiger partial charge in [-0.1, -0.05) is 66.2 Å². The minimum Gasteiger partial charge on any atom is -0.497 e. The van der Waals surface area contributed by atoms with Gasteiger partial charge in [0.25, 0.3) is 0 Å². The molecule has 0 aliphatic heterocycles. The van der Waals surface area contributed by atoms with Gasteiger partial charge in [0.1, 0.15) is 11.8 Å². The van der Waals surface area contributed by atoms with Crippen molar-refractivity contribution in [3.63, 3.8) is 0 Å². The lowest BCUT2D eigenvalue weighted by Gasteiger charge is -2.34. The Balaban J connectivity index is 1.90. The number of amides is 2. The summed E-state index contributed by atoms with van der Waals surface area (Å²) in [6.07, 6.45) is 1.83. The Morgan fingerprint density at radius 3 is 2.19 bits per heavy atom. The molecule has 0 bridgehead atoms. The van der Waals surface area contributed by atoms with Crippen LogP contribution in [0.15, 0.2) is 78.9 Å². The van der Waals surface area contributed by atoms with Gasteiger partial charge in [-0.05, 0) is 57.4 Å².